The number of carbonyl (C=O) groups excluding carboxylic acids is 1. The van der Waals surface area contributed by atoms with E-state index in [0.717, 1.165) is 6.07 Å². The van der Waals surface area contributed by atoms with Crippen molar-refractivity contribution in [3.63, 3.8) is 0 Å². The highest BCUT2D eigenvalue weighted by atomic mass is 35.5. The summed E-state index contributed by atoms with van der Waals surface area (Å²) in [5.74, 6) is -2.42. The van der Waals surface area contributed by atoms with Crippen LogP contribution in [0.3, 0.4) is 0 Å². The molecule has 0 radical (unpaired) electrons. The molecule has 0 aliphatic carbocycles. The Morgan fingerprint density at radius 1 is 1.20 bits per heavy atom. The molecule has 2 rings (SSSR count). The molecule has 0 saturated heterocycles. The van der Waals surface area contributed by atoms with Gasteiger partial charge in [-0.2, -0.15) is 4.39 Å². The van der Waals surface area contributed by atoms with Gasteiger partial charge in [0.15, 0.2) is 17.9 Å². The standard InChI is InChI=1S/C14H9ClF2O3/c1-19-12-5-4-11(16)13(17)14(12)20-9-3-2-8(7-18)10(15)6-9/h2-7H,1H3. The van der Waals surface area contributed by atoms with Crippen LogP contribution in [0.2, 0.25) is 5.02 Å². The molecule has 0 bridgehead atoms. The van der Waals surface area contributed by atoms with Crippen LogP contribution in [0.5, 0.6) is 17.2 Å². The van der Waals surface area contributed by atoms with Crippen molar-refractivity contribution in [1.29, 1.82) is 0 Å². The molecular formula is C14H9ClF2O3. The van der Waals surface area contributed by atoms with Crippen molar-refractivity contribution in [3.05, 3.63) is 52.6 Å². The van der Waals surface area contributed by atoms with Crippen molar-refractivity contribution < 1.29 is 23.0 Å². The number of hydrogen-bond acceptors (Lipinski definition) is 3. The third-order valence-electron chi connectivity index (χ3n) is 2.55. The molecule has 0 aromatic heterocycles. The Morgan fingerprint density at radius 2 is 1.95 bits per heavy atom. The van der Waals surface area contributed by atoms with Gasteiger partial charge in [0, 0.05) is 11.6 Å². The van der Waals surface area contributed by atoms with E-state index in [1.165, 1.54) is 31.4 Å². The molecule has 0 saturated carbocycles. The van der Waals surface area contributed by atoms with Crippen LogP contribution < -0.4 is 9.47 Å². The lowest BCUT2D eigenvalue weighted by atomic mass is 10.2. The molecule has 0 aliphatic rings. The third kappa shape index (κ3) is 2.72. The van der Waals surface area contributed by atoms with Crippen LogP contribution in [-0.2, 0) is 0 Å². The smallest absolute Gasteiger partial charge is 0.207 e. The molecule has 0 amide bonds. The second-order valence-electron chi connectivity index (χ2n) is 3.80. The summed E-state index contributed by atoms with van der Waals surface area (Å²) in [4.78, 5) is 10.6. The molecule has 0 spiro atoms. The van der Waals surface area contributed by atoms with E-state index in [-0.39, 0.29) is 27.8 Å². The molecule has 104 valence electrons. The summed E-state index contributed by atoms with van der Waals surface area (Å²) in [7, 11) is 1.31. The summed E-state index contributed by atoms with van der Waals surface area (Å²) in [5.41, 5.74) is 0.269. The van der Waals surface area contributed by atoms with Gasteiger partial charge >= 0.3 is 0 Å². The Hall–Kier alpha value is -2.14. The summed E-state index contributed by atoms with van der Waals surface area (Å²) in [6.07, 6.45) is 0.579. The molecule has 0 N–H and O–H groups in total. The number of rotatable bonds is 4. The first-order valence-corrected chi connectivity index (χ1v) is 5.89. The van der Waals surface area contributed by atoms with E-state index in [9.17, 15) is 13.6 Å². The summed E-state index contributed by atoms with van der Waals surface area (Å²) in [6.45, 7) is 0. The van der Waals surface area contributed by atoms with Gasteiger partial charge < -0.3 is 9.47 Å². The quantitative estimate of drug-likeness (QED) is 0.792. The minimum absolute atomic E-state index is 0.0412. The first kappa shape index (κ1) is 14.3. The van der Waals surface area contributed by atoms with Crippen LogP contribution >= 0.6 is 11.6 Å². The van der Waals surface area contributed by atoms with E-state index in [4.69, 9.17) is 21.1 Å². The van der Waals surface area contributed by atoms with E-state index in [2.05, 4.69) is 0 Å². The van der Waals surface area contributed by atoms with Gasteiger partial charge in [0.25, 0.3) is 0 Å². The largest absolute Gasteiger partial charge is 0.493 e. The Labute approximate surface area is 118 Å². The molecule has 0 unspecified atom stereocenters. The van der Waals surface area contributed by atoms with Crippen molar-refractivity contribution in [3.8, 4) is 17.2 Å². The van der Waals surface area contributed by atoms with E-state index in [1.54, 1.807) is 0 Å². The SMILES string of the molecule is COc1ccc(F)c(F)c1Oc1ccc(C=O)c(Cl)c1. The zero-order chi connectivity index (χ0) is 14.7. The van der Waals surface area contributed by atoms with Crippen molar-refractivity contribution in [1.82, 2.24) is 0 Å². The number of benzene rings is 2. The zero-order valence-electron chi connectivity index (χ0n) is 10.3. The highest BCUT2D eigenvalue weighted by Crippen LogP contribution is 2.36. The average molecular weight is 299 g/mol. The second kappa shape index (κ2) is 5.88. The summed E-state index contributed by atoms with van der Waals surface area (Å²) < 4.78 is 37.1. The lowest BCUT2D eigenvalue weighted by molar-refractivity contribution is 0.112. The molecule has 0 aliphatic heterocycles. The highest BCUT2D eigenvalue weighted by Gasteiger charge is 2.17. The Morgan fingerprint density at radius 3 is 2.55 bits per heavy atom. The number of carbonyl (C=O) groups is 1. The third-order valence-corrected chi connectivity index (χ3v) is 2.88. The fraction of sp³-hybridized carbons (Fsp3) is 0.0714. The van der Waals surface area contributed by atoms with Crippen LogP contribution in [0.15, 0.2) is 30.3 Å². The van der Waals surface area contributed by atoms with Crippen molar-refractivity contribution in [2.24, 2.45) is 0 Å². The van der Waals surface area contributed by atoms with Crippen LogP contribution in [0.25, 0.3) is 0 Å². The van der Waals surface area contributed by atoms with Crippen LogP contribution in [0, 0.1) is 11.6 Å². The first-order chi connectivity index (χ1) is 9.56. The monoisotopic (exact) mass is 298 g/mol. The van der Waals surface area contributed by atoms with Gasteiger partial charge in [-0.05, 0) is 24.3 Å². The van der Waals surface area contributed by atoms with Crippen molar-refractivity contribution in [2.75, 3.05) is 7.11 Å². The van der Waals surface area contributed by atoms with Gasteiger partial charge in [0.2, 0.25) is 11.6 Å². The predicted molar refractivity (Wildman–Crippen MR) is 69.8 cm³/mol. The number of ether oxygens (including phenoxy) is 2. The van der Waals surface area contributed by atoms with Gasteiger partial charge in [-0.15, -0.1) is 0 Å². The number of halogens is 3. The van der Waals surface area contributed by atoms with Crippen LogP contribution in [-0.4, -0.2) is 13.4 Å². The van der Waals surface area contributed by atoms with E-state index in [1.807, 2.05) is 0 Å². The van der Waals surface area contributed by atoms with Gasteiger partial charge in [0.05, 0.1) is 12.1 Å². The maximum Gasteiger partial charge on any atom is 0.207 e. The summed E-state index contributed by atoms with van der Waals surface area (Å²) in [5, 5.41) is 0.147. The maximum atomic E-state index is 13.7. The topological polar surface area (TPSA) is 35.5 Å². The maximum absolute atomic E-state index is 13.7. The lowest BCUT2D eigenvalue weighted by Crippen LogP contribution is -1.96. The van der Waals surface area contributed by atoms with Crippen LogP contribution in [0.1, 0.15) is 10.4 Å². The van der Waals surface area contributed by atoms with Gasteiger partial charge in [-0.3, -0.25) is 4.79 Å². The molecule has 3 nitrogen and oxygen atoms in total. The first-order valence-electron chi connectivity index (χ1n) is 5.51. The molecule has 0 heterocycles. The second-order valence-corrected chi connectivity index (χ2v) is 4.20. The molecule has 0 fully saturated rings. The number of aldehydes is 1. The minimum atomic E-state index is -1.17. The fourth-order valence-corrected chi connectivity index (χ4v) is 1.77. The Balaban J connectivity index is 2.41. The normalized spacial score (nSPS) is 10.2. The minimum Gasteiger partial charge on any atom is -0.493 e. The summed E-state index contributed by atoms with van der Waals surface area (Å²) in [6, 6.07) is 6.33. The van der Waals surface area contributed by atoms with Gasteiger partial charge in [-0.1, -0.05) is 11.6 Å². The fourth-order valence-electron chi connectivity index (χ4n) is 1.55. The predicted octanol–water partition coefficient (Wildman–Crippen LogP) is 4.23. The molecular weight excluding hydrogens is 290 g/mol. The van der Waals surface area contributed by atoms with Gasteiger partial charge in [-0.25, -0.2) is 4.39 Å². The zero-order valence-corrected chi connectivity index (χ0v) is 11.1. The Bertz CT molecular complexity index is 659. The molecule has 20 heavy (non-hydrogen) atoms. The van der Waals surface area contributed by atoms with Crippen LogP contribution in [0.4, 0.5) is 8.78 Å². The van der Waals surface area contributed by atoms with E-state index >= 15 is 0 Å². The van der Waals surface area contributed by atoms with Crippen molar-refractivity contribution in [2.45, 2.75) is 0 Å². The Kier molecular flexibility index (Phi) is 4.20. The molecule has 2 aromatic rings. The number of methoxy groups -OCH3 is 1. The highest BCUT2D eigenvalue weighted by molar-refractivity contribution is 6.33. The average Bonchev–Trinajstić information content (AvgIpc) is 2.44. The molecule has 0 atom stereocenters. The number of hydrogen-bond donors (Lipinski definition) is 0. The molecule has 6 heteroatoms. The van der Waals surface area contributed by atoms with E-state index < -0.39 is 11.6 Å². The van der Waals surface area contributed by atoms with Gasteiger partial charge in [0.1, 0.15) is 5.75 Å². The molecule has 2 aromatic carbocycles. The lowest BCUT2D eigenvalue weighted by Gasteiger charge is -2.12. The van der Waals surface area contributed by atoms with E-state index in [0.29, 0.717) is 6.29 Å². The summed E-state index contributed by atoms with van der Waals surface area (Å²) >= 11 is 5.83. The van der Waals surface area contributed by atoms with Crippen molar-refractivity contribution >= 4 is 17.9 Å².